The number of nitrogens with zero attached hydrogens (tertiary/aromatic N) is 3. The molecule has 0 spiro atoms. The summed E-state index contributed by atoms with van der Waals surface area (Å²) in [4.78, 5) is 51.3. The van der Waals surface area contributed by atoms with Crippen molar-refractivity contribution < 1.29 is 23.6 Å². The molecule has 0 saturated heterocycles. The van der Waals surface area contributed by atoms with Gasteiger partial charge in [0, 0.05) is 0 Å². The van der Waals surface area contributed by atoms with Gasteiger partial charge in [0.15, 0.2) is 11.6 Å². The zero-order valence-corrected chi connectivity index (χ0v) is 15.6. The predicted octanol–water partition coefficient (Wildman–Crippen LogP) is 3.13. The Morgan fingerprint density at radius 1 is 1.07 bits per heavy atom. The van der Waals surface area contributed by atoms with Crippen LogP contribution in [-0.2, 0) is 4.84 Å². The Labute approximate surface area is 163 Å². The number of hydrogen-bond acceptors (Lipinski definition) is 8. The molecule has 3 aromatic rings. The van der Waals surface area contributed by atoms with Crippen molar-refractivity contribution in [3.05, 3.63) is 65.0 Å². The molecule has 0 radical (unpaired) electrons. The van der Waals surface area contributed by atoms with Gasteiger partial charge in [0.2, 0.25) is 0 Å². The van der Waals surface area contributed by atoms with Crippen molar-refractivity contribution in [2.45, 2.75) is 11.9 Å². The molecule has 0 fully saturated rings. The van der Waals surface area contributed by atoms with E-state index in [1.807, 2.05) is 0 Å². The summed E-state index contributed by atoms with van der Waals surface area (Å²) in [5.41, 5.74) is 0.796. The molecule has 2 aromatic heterocycles. The molecule has 0 saturated carbocycles. The Balaban J connectivity index is 1.66. The van der Waals surface area contributed by atoms with Gasteiger partial charge in [-0.25, -0.2) is 14.8 Å². The summed E-state index contributed by atoms with van der Waals surface area (Å²) in [5.74, 6) is -1.49. The number of rotatable bonds is 4. The van der Waals surface area contributed by atoms with Crippen molar-refractivity contribution >= 4 is 29.5 Å². The second kappa shape index (κ2) is 6.93. The van der Waals surface area contributed by atoms with Crippen LogP contribution in [0.3, 0.4) is 0 Å². The quantitative estimate of drug-likeness (QED) is 0.377. The van der Waals surface area contributed by atoms with Crippen LogP contribution in [0.4, 0.5) is 0 Å². The number of hydrogen-bond donors (Lipinski definition) is 0. The molecule has 0 unspecified atom stereocenters. The van der Waals surface area contributed by atoms with Crippen LogP contribution in [0.2, 0.25) is 0 Å². The molecule has 4 rings (SSSR count). The molecular formula is C19H13N3O5S. The van der Waals surface area contributed by atoms with E-state index in [4.69, 9.17) is 9.25 Å². The van der Waals surface area contributed by atoms with E-state index >= 15 is 0 Å². The zero-order chi connectivity index (χ0) is 19.8. The summed E-state index contributed by atoms with van der Waals surface area (Å²) in [6.45, 7) is 1.62. The lowest BCUT2D eigenvalue weighted by molar-refractivity contribution is -0.0588. The molecule has 1 aliphatic heterocycles. The van der Waals surface area contributed by atoms with Gasteiger partial charge in [-0.2, -0.15) is 0 Å². The van der Waals surface area contributed by atoms with E-state index in [-0.39, 0.29) is 16.7 Å². The van der Waals surface area contributed by atoms with Crippen molar-refractivity contribution in [1.29, 1.82) is 0 Å². The molecule has 28 heavy (non-hydrogen) atoms. The number of furan rings is 1. The Morgan fingerprint density at radius 3 is 2.32 bits per heavy atom. The highest BCUT2D eigenvalue weighted by Crippen LogP contribution is 2.28. The van der Waals surface area contributed by atoms with Gasteiger partial charge >= 0.3 is 5.97 Å². The minimum Gasteiger partial charge on any atom is -0.461 e. The minimum absolute atomic E-state index is 0.0827. The molecule has 0 atom stereocenters. The first-order valence-electron chi connectivity index (χ1n) is 8.18. The van der Waals surface area contributed by atoms with Crippen molar-refractivity contribution in [3.63, 3.8) is 0 Å². The maximum atomic E-state index is 12.8. The molecule has 8 nitrogen and oxygen atoms in total. The summed E-state index contributed by atoms with van der Waals surface area (Å²) in [7, 11) is 0. The Hall–Kier alpha value is -3.46. The number of fused-ring (bicyclic) bond motifs is 1. The standard InChI is InChI=1S/C19H13N3O5S/c1-10-14(16(28-2)21-15(20-10)13-8-5-9-26-13)19(25)27-22-17(23)11-6-3-4-7-12(11)18(22)24/h3-9H,1-2H3. The van der Waals surface area contributed by atoms with Crippen LogP contribution in [0.15, 0.2) is 52.1 Å². The second-order valence-electron chi connectivity index (χ2n) is 5.82. The van der Waals surface area contributed by atoms with Crippen molar-refractivity contribution in [1.82, 2.24) is 15.0 Å². The molecule has 2 amide bonds. The third-order valence-corrected chi connectivity index (χ3v) is 4.81. The number of carbonyl (C=O) groups excluding carboxylic acids is 3. The Bertz CT molecular complexity index is 1080. The van der Waals surface area contributed by atoms with Gasteiger partial charge in [-0.3, -0.25) is 9.59 Å². The Kier molecular flexibility index (Phi) is 4.44. The van der Waals surface area contributed by atoms with Crippen LogP contribution in [0.1, 0.15) is 36.8 Å². The number of aryl methyl sites for hydroxylation is 1. The first kappa shape index (κ1) is 17.9. The van der Waals surface area contributed by atoms with Crippen LogP contribution >= 0.6 is 11.8 Å². The minimum atomic E-state index is -0.887. The van der Waals surface area contributed by atoms with Crippen LogP contribution < -0.4 is 0 Å². The smallest absolute Gasteiger partial charge is 0.368 e. The zero-order valence-electron chi connectivity index (χ0n) is 14.8. The Morgan fingerprint density at radius 2 is 1.75 bits per heavy atom. The molecule has 3 heterocycles. The average Bonchev–Trinajstić information content (AvgIpc) is 3.31. The van der Waals surface area contributed by atoms with E-state index in [0.29, 0.717) is 27.4 Å². The lowest BCUT2D eigenvalue weighted by atomic mass is 10.1. The summed E-state index contributed by atoms with van der Waals surface area (Å²) in [6.07, 6.45) is 3.24. The largest absolute Gasteiger partial charge is 0.461 e. The maximum Gasteiger partial charge on any atom is 0.368 e. The monoisotopic (exact) mass is 395 g/mol. The van der Waals surface area contributed by atoms with Gasteiger partial charge in [-0.05, 0) is 37.4 Å². The fourth-order valence-corrected chi connectivity index (χ4v) is 3.44. The summed E-state index contributed by atoms with van der Waals surface area (Å²) >= 11 is 1.21. The van der Waals surface area contributed by atoms with Crippen LogP contribution in [0, 0.1) is 6.92 Å². The number of thioether (sulfide) groups is 1. The lowest BCUT2D eigenvalue weighted by Gasteiger charge is -2.15. The van der Waals surface area contributed by atoms with Crippen molar-refractivity contribution in [3.8, 4) is 11.6 Å². The third-order valence-electron chi connectivity index (χ3n) is 4.13. The van der Waals surface area contributed by atoms with Crippen molar-refractivity contribution in [2.75, 3.05) is 6.26 Å². The molecule has 0 aliphatic carbocycles. The van der Waals surface area contributed by atoms with Gasteiger partial charge in [0.1, 0.15) is 10.6 Å². The molecular weight excluding hydrogens is 382 g/mol. The molecule has 1 aliphatic rings. The molecule has 0 N–H and O–H groups in total. The highest BCUT2D eigenvalue weighted by molar-refractivity contribution is 7.98. The maximum absolute atomic E-state index is 12.8. The summed E-state index contributed by atoms with van der Waals surface area (Å²) < 4.78 is 5.30. The van der Waals surface area contributed by atoms with Gasteiger partial charge in [0.05, 0.1) is 23.1 Å². The van der Waals surface area contributed by atoms with Crippen LogP contribution in [-0.4, -0.2) is 39.1 Å². The number of carbonyl (C=O) groups is 3. The normalized spacial score (nSPS) is 13.0. The van der Waals surface area contributed by atoms with E-state index in [9.17, 15) is 14.4 Å². The van der Waals surface area contributed by atoms with Gasteiger partial charge in [0.25, 0.3) is 11.8 Å². The number of benzene rings is 1. The first-order chi connectivity index (χ1) is 13.5. The second-order valence-corrected chi connectivity index (χ2v) is 6.62. The molecule has 1 aromatic carbocycles. The fourth-order valence-electron chi connectivity index (χ4n) is 2.82. The molecule has 0 bridgehead atoms. The SMILES string of the molecule is CSc1nc(-c2ccco2)nc(C)c1C(=O)ON1C(=O)c2ccccc2C1=O. The number of amides is 2. The molecule has 9 heteroatoms. The van der Waals surface area contributed by atoms with Gasteiger partial charge in [-0.1, -0.05) is 17.2 Å². The van der Waals surface area contributed by atoms with E-state index in [0.717, 1.165) is 0 Å². The van der Waals surface area contributed by atoms with Crippen LogP contribution in [0.5, 0.6) is 0 Å². The average molecular weight is 395 g/mol. The number of aromatic nitrogens is 2. The van der Waals surface area contributed by atoms with E-state index in [1.165, 1.54) is 30.2 Å². The highest BCUT2D eigenvalue weighted by Gasteiger charge is 2.39. The van der Waals surface area contributed by atoms with E-state index in [1.54, 1.807) is 37.4 Å². The fraction of sp³-hybridized carbons (Fsp3) is 0.105. The van der Waals surface area contributed by atoms with Crippen molar-refractivity contribution in [2.24, 2.45) is 0 Å². The third kappa shape index (κ3) is 2.85. The van der Waals surface area contributed by atoms with Gasteiger partial charge < -0.3 is 9.25 Å². The highest BCUT2D eigenvalue weighted by atomic mass is 32.2. The van der Waals surface area contributed by atoms with E-state index in [2.05, 4.69) is 9.97 Å². The first-order valence-corrected chi connectivity index (χ1v) is 9.40. The molecule has 140 valence electrons. The topological polar surface area (TPSA) is 103 Å². The van der Waals surface area contributed by atoms with Gasteiger partial charge in [-0.15, -0.1) is 11.8 Å². The summed E-state index contributed by atoms with van der Waals surface area (Å²) in [5, 5.41) is 0.817. The van der Waals surface area contributed by atoms with Crippen LogP contribution in [0.25, 0.3) is 11.6 Å². The summed E-state index contributed by atoms with van der Waals surface area (Å²) in [6, 6.07) is 9.68. The number of hydroxylamine groups is 2. The van der Waals surface area contributed by atoms with E-state index < -0.39 is 17.8 Å². The lowest BCUT2D eigenvalue weighted by Crippen LogP contribution is -2.33. The number of imide groups is 1. The predicted molar refractivity (Wildman–Crippen MR) is 98.6 cm³/mol.